The summed E-state index contributed by atoms with van der Waals surface area (Å²) in [5.41, 5.74) is 6.85. The van der Waals surface area contributed by atoms with Gasteiger partial charge in [-0.3, -0.25) is 0 Å². The Kier molecular flexibility index (Phi) is 1.85. The van der Waals surface area contributed by atoms with Crippen LogP contribution in [0, 0.1) is 6.92 Å². The maximum atomic E-state index is 5.91. The monoisotopic (exact) mass is 192 g/mol. The smallest absolute Gasteiger partial charge is 0.131 e. The van der Waals surface area contributed by atoms with E-state index in [2.05, 4.69) is 4.98 Å². The van der Waals surface area contributed by atoms with Gasteiger partial charge in [0.15, 0.2) is 0 Å². The minimum Gasteiger partial charge on any atom is -0.383 e. The minimum absolute atomic E-state index is 0.531. The standard InChI is InChI=1S/C10H9ClN2/c1-6-4-7(11)5-9-8(6)2-3-13-10(9)12/h2-5H,1H3,(H2,12,13). The molecule has 1 heterocycles. The number of fused-ring (bicyclic) bond motifs is 1. The van der Waals surface area contributed by atoms with Gasteiger partial charge in [-0.1, -0.05) is 11.6 Å². The van der Waals surface area contributed by atoms with Gasteiger partial charge < -0.3 is 5.73 Å². The second-order valence-electron chi connectivity index (χ2n) is 3.01. The van der Waals surface area contributed by atoms with Crippen LogP contribution in [0.1, 0.15) is 5.56 Å². The predicted molar refractivity (Wildman–Crippen MR) is 55.9 cm³/mol. The number of rotatable bonds is 0. The van der Waals surface area contributed by atoms with Crippen LogP contribution in [-0.4, -0.2) is 4.98 Å². The molecule has 0 unspecified atom stereocenters. The van der Waals surface area contributed by atoms with Crippen molar-refractivity contribution in [3.63, 3.8) is 0 Å². The third-order valence-electron chi connectivity index (χ3n) is 2.08. The molecule has 0 saturated heterocycles. The molecule has 66 valence electrons. The summed E-state index contributed by atoms with van der Waals surface area (Å²) in [6.07, 6.45) is 1.71. The van der Waals surface area contributed by atoms with Gasteiger partial charge in [0.2, 0.25) is 0 Å². The lowest BCUT2D eigenvalue weighted by Crippen LogP contribution is -1.91. The van der Waals surface area contributed by atoms with Crippen molar-refractivity contribution < 1.29 is 0 Å². The summed E-state index contributed by atoms with van der Waals surface area (Å²) < 4.78 is 0. The number of pyridine rings is 1. The Morgan fingerprint density at radius 1 is 1.31 bits per heavy atom. The Balaban J connectivity index is 2.94. The lowest BCUT2D eigenvalue weighted by molar-refractivity contribution is 1.36. The zero-order valence-corrected chi connectivity index (χ0v) is 7.97. The lowest BCUT2D eigenvalue weighted by Gasteiger charge is -2.04. The number of benzene rings is 1. The predicted octanol–water partition coefficient (Wildman–Crippen LogP) is 2.78. The molecular formula is C10H9ClN2. The molecule has 0 saturated carbocycles. The zero-order valence-electron chi connectivity index (χ0n) is 7.21. The third kappa shape index (κ3) is 1.33. The van der Waals surface area contributed by atoms with Crippen LogP contribution in [0.5, 0.6) is 0 Å². The van der Waals surface area contributed by atoms with Crippen molar-refractivity contribution in [1.29, 1.82) is 0 Å². The molecule has 2 aromatic rings. The normalized spacial score (nSPS) is 10.6. The number of nitrogens with zero attached hydrogens (tertiary/aromatic N) is 1. The lowest BCUT2D eigenvalue weighted by atomic mass is 10.1. The molecule has 1 aromatic heterocycles. The van der Waals surface area contributed by atoms with Gasteiger partial charge in [-0.2, -0.15) is 0 Å². The molecule has 0 aliphatic carbocycles. The van der Waals surface area contributed by atoms with E-state index in [1.165, 1.54) is 0 Å². The Morgan fingerprint density at radius 3 is 2.85 bits per heavy atom. The molecule has 0 atom stereocenters. The van der Waals surface area contributed by atoms with Crippen molar-refractivity contribution in [3.8, 4) is 0 Å². The molecule has 0 bridgehead atoms. The fourth-order valence-electron chi connectivity index (χ4n) is 1.45. The van der Waals surface area contributed by atoms with Gasteiger partial charge in [-0.25, -0.2) is 4.98 Å². The van der Waals surface area contributed by atoms with Crippen molar-refractivity contribution in [1.82, 2.24) is 4.98 Å². The van der Waals surface area contributed by atoms with E-state index in [0.717, 1.165) is 16.3 Å². The molecule has 13 heavy (non-hydrogen) atoms. The van der Waals surface area contributed by atoms with Crippen LogP contribution in [0.3, 0.4) is 0 Å². The van der Waals surface area contributed by atoms with Gasteiger partial charge in [0.25, 0.3) is 0 Å². The Labute approximate surface area is 81.3 Å². The van der Waals surface area contributed by atoms with Crippen LogP contribution in [-0.2, 0) is 0 Å². The number of hydrogen-bond donors (Lipinski definition) is 1. The quantitative estimate of drug-likeness (QED) is 0.697. The minimum atomic E-state index is 0.531. The van der Waals surface area contributed by atoms with Gasteiger partial charge in [0, 0.05) is 16.6 Å². The Morgan fingerprint density at radius 2 is 2.08 bits per heavy atom. The van der Waals surface area contributed by atoms with Gasteiger partial charge in [-0.05, 0) is 36.1 Å². The van der Waals surface area contributed by atoms with E-state index in [9.17, 15) is 0 Å². The summed E-state index contributed by atoms with van der Waals surface area (Å²) in [7, 11) is 0. The highest BCUT2D eigenvalue weighted by Crippen LogP contribution is 2.25. The molecule has 3 heteroatoms. The second-order valence-corrected chi connectivity index (χ2v) is 3.45. The molecule has 0 radical (unpaired) electrons. The average molecular weight is 193 g/mol. The third-order valence-corrected chi connectivity index (χ3v) is 2.30. The first-order valence-electron chi connectivity index (χ1n) is 3.99. The van der Waals surface area contributed by atoms with Crippen molar-refractivity contribution in [2.45, 2.75) is 6.92 Å². The molecule has 1 aromatic carbocycles. The van der Waals surface area contributed by atoms with E-state index in [0.29, 0.717) is 10.8 Å². The van der Waals surface area contributed by atoms with Crippen molar-refractivity contribution in [2.75, 3.05) is 5.73 Å². The highest BCUT2D eigenvalue weighted by Gasteiger charge is 2.02. The van der Waals surface area contributed by atoms with Crippen molar-refractivity contribution in [3.05, 3.63) is 35.0 Å². The highest BCUT2D eigenvalue weighted by molar-refractivity contribution is 6.31. The molecular weight excluding hydrogens is 184 g/mol. The van der Waals surface area contributed by atoms with Gasteiger partial charge in [0.1, 0.15) is 5.82 Å². The second kappa shape index (κ2) is 2.89. The number of aryl methyl sites for hydroxylation is 1. The molecule has 0 fully saturated rings. The summed E-state index contributed by atoms with van der Waals surface area (Å²) >= 11 is 5.91. The molecule has 2 N–H and O–H groups in total. The Hall–Kier alpha value is -1.28. The number of nitrogen functional groups attached to an aromatic ring is 1. The van der Waals surface area contributed by atoms with E-state index in [1.54, 1.807) is 6.20 Å². The summed E-state index contributed by atoms with van der Waals surface area (Å²) in [5.74, 6) is 0.531. The van der Waals surface area contributed by atoms with E-state index in [4.69, 9.17) is 17.3 Å². The van der Waals surface area contributed by atoms with Crippen LogP contribution in [0.15, 0.2) is 24.4 Å². The average Bonchev–Trinajstić information content (AvgIpc) is 2.07. The molecule has 0 aliphatic rings. The fraction of sp³-hybridized carbons (Fsp3) is 0.100. The molecule has 0 amide bonds. The van der Waals surface area contributed by atoms with Crippen molar-refractivity contribution >= 4 is 28.2 Å². The van der Waals surface area contributed by atoms with Gasteiger partial charge >= 0.3 is 0 Å². The van der Waals surface area contributed by atoms with Crippen LogP contribution >= 0.6 is 11.6 Å². The van der Waals surface area contributed by atoms with Crippen LogP contribution in [0.25, 0.3) is 10.8 Å². The van der Waals surface area contributed by atoms with Crippen LogP contribution in [0.4, 0.5) is 5.82 Å². The SMILES string of the molecule is Cc1cc(Cl)cc2c(N)nccc12. The summed E-state index contributed by atoms with van der Waals surface area (Å²) in [5, 5.41) is 2.73. The van der Waals surface area contributed by atoms with Gasteiger partial charge in [-0.15, -0.1) is 0 Å². The topological polar surface area (TPSA) is 38.9 Å². The summed E-state index contributed by atoms with van der Waals surface area (Å²) in [6, 6.07) is 5.70. The maximum Gasteiger partial charge on any atom is 0.131 e. The first kappa shape index (κ1) is 8.32. The number of halogens is 1. The molecule has 0 spiro atoms. The number of hydrogen-bond acceptors (Lipinski definition) is 2. The number of anilines is 1. The van der Waals surface area contributed by atoms with E-state index in [-0.39, 0.29) is 0 Å². The zero-order chi connectivity index (χ0) is 9.42. The number of aromatic nitrogens is 1. The summed E-state index contributed by atoms with van der Waals surface area (Å²) in [6.45, 7) is 2.01. The first-order chi connectivity index (χ1) is 6.18. The molecule has 0 aliphatic heterocycles. The van der Waals surface area contributed by atoms with E-state index in [1.807, 2.05) is 25.1 Å². The largest absolute Gasteiger partial charge is 0.383 e. The fourth-order valence-corrected chi connectivity index (χ4v) is 1.72. The highest BCUT2D eigenvalue weighted by atomic mass is 35.5. The van der Waals surface area contributed by atoms with Gasteiger partial charge in [0.05, 0.1) is 0 Å². The van der Waals surface area contributed by atoms with Crippen LogP contribution < -0.4 is 5.73 Å². The van der Waals surface area contributed by atoms with Crippen LogP contribution in [0.2, 0.25) is 5.02 Å². The Bertz CT molecular complexity index is 466. The number of nitrogens with two attached hydrogens (primary N) is 1. The van der Waals surface area contributed by atoms with E-state index < -0.39 is 0 Å². The first-order valence-corrected chi connectivity index (χ1v) is 4.36. The molecule has 2 rings (SSSR count). The summed E-state index contributed by atoms with van der Waals surface area (Å²) in [4.78, 5) is 4.01. The van der Waals surface area contributed by atoms with E-state index >= 15 is 0 Å². The molecule has 2 nitrogen and oxygen atoms in total. The maximum absolute atomic E-state index is 5.91. The van der Waals surface area contributed by atoms with Crippen molar-refractivity contribution in [2.24, 2.45) is 0 Å².